The summed E-state index contributed by atoms with van der Waals surface area (Å²) in [4.78, 5) is 0. The van der Waals surface area contributed by atoms with Gasteiger partial charge in [-0.25, -0.2) is 0 Å². The molecule has 0 aromatic heterocycles. The van der Waals surface area contributed by atoms with Crippen LogP contribution in [0.4, 0.5) is 0 Å². The second-order valence-corrected chi connectivity index (χ2v) is 4.35. The van der Waals surface area contributed by atoms with Gasteiger partial charge in [0.2, 0.25) is 0 Å². The van der Waals surface area contributed by atoms with Crippen molar-refractivity contribution in [1.29, 1.82) is 0 Å². The zero-order chi connectivity index (χ0) is 10.4. The Hall–Kier alpha value is -0.120. The second-order valence-electron chi connectivity index (χ2n) is 4.35. The summed E-state index contributed by atoms with van der Waals surface area (Å²) in [7, 11) is 1.84. The van der Waals surface area contributed by atoms with Crippen LogP contribution in [0.3, 0.4) is 0 Å². The van der Waals surface area contributed by atoms with Crippen LogP contribution in [0.1, 0.15) is 32.6 Å². The molecule has 1 rings (SSSR count). The number of hydrogen-bond donors (Lipinski definition) is 2. The molecule has 0 aromatic rings. The van der Waals surface area contributed by atoms with Crippen molar-refractivity contribution >= 4 is 0 Å². The van der Waals surface area contributed by atoms with E-state index in [1.165, 1.54) is 19.3 Å². The van der Waals surface area contributed by atoms with Crippen LogP contribution in [-0.4, -0.2) is 37.5 Å². The first-order valence-corrected chi connectivity index (χ1v) is 5.68. The fourth-order valence-electron chi connectivity index (χ4n) is 2.06. The smallest absolute Gasteiger partial charge is 0.0897 e. The van der Waals surface area contributed by atoms with E-state index in [1.54, 1.807) is 0 Å². The quantitative estimate of drug-likeness (QED) is 0.701. The standard InChI is InChI=1S/C11H23NO2/c1-9-5-3-4-6-11(9)14-8-10(13)7-12-2/h9-13H,3-8H2,1-2H3. The van der Waals surface area contributed by atoms with Crippen molar-refractivity contribution in [2.24, 2.45) is 5.92 Å². The molecule has 0 amide bonds. The van der Waals surface area contributed by atoms with Crippen molar-refractivity contribution < 1.29 is 9.84 Å². The van der Waals surface area contributed by atoms with Gasteiger partial charge in [-0.2, -0.15) is 0 Å². The predicted octanol–water partition coefficient (Wildman–Crippen LogP) is 1.16. The van der Waals surface area contributed by atoms with Gasteiger partial charge < -0.3 is 15.2 Å². The van der Waals surface area contributed by atoms with Gasteiger partial charge in [-0.1, -0.05) is 19.8 Å². The largest absolute Gasteiger partial charge is 0.389 e. The maximum absolute atomic E-state index is 9.48. The number of ether oxygens (including phenoxy) is 1. The summed E-state index contributed by atoms with van der Waals surface area (Å²) in [5.74, 6) is 0.658. The Morgan fingerprint density at radius 2 is 2.14 bits per heavy atom. The summed E-state index contributed by atoms with van der Waals surface area (Å²) in [6.45, 7) is 3.32. The number of hydrogen-bond acceptors (Lipinski definition) is 3. The first kappa shape index (κ1) is 12.0. The molecule has 84 valence electrons. The third-order valence-corrected chi connectivity index (χ3v) is 2.98. The molecule has 1 saturated carbocycles. The lowest BCUT2D eigenvalue weighted by Crippen LogP contribution is -2.33. The highest BCUT2D eigenvalue weighted by atomic mass is 16.5. The van der Waals surface area contributed by atoms with Crippen LogP contribution < -0.4 is 5.32 Å². The van der Waals surface area contributed by atoms with Crippen molar-refractivity contribution in [3.8, 4) is 0 Å². The van der Waals surface area contributed by atoms with Crippen LogP contribution in [0, 0.1) is 5.92 Å². The Morgan fingerprint density at radius 3 is 2.79 bits per heavy atom. The normalized spacial score (nSPS) is 30.2. The molecule has 3 atom stereocenters. The van der Waals surface area contributed by atoms with Gasteiger partial charge in [0.05, 0.1) is 18.8 Å². The molecule has 2 N–H and O–H groups in total. The number of aliphatic hydroxyl groups excluding tert-OH is 1. The summed E-state index contributed by atoms with van der Waals surface area (Å²) in [6, 6.07) is 0. The fraction of sp³-hybridized carbons (Fsp3) is 1.00. The molecule has 0 aliphatic heterocycles. The van der Waals surface area contributed by atoms with E-state index in [9.17, 15) is 5.11 Å². The Kier molecular flexibility index (Phi) is 5.45. The number of aliphatic hydroxyl groups is 1. The summed E-state index contributed by atoms with van der Waals surface area (Å²) < 4.78 is 5.72. The molecular weight excluding hydrogens is 178 g/mol. The summed E-state index contributed by atoms with van der Waals surface area (Å²) in [6.07, 6.45) is 5.04. The van der Waals surface area contributed by atoms with Crippen LogP contribution >= 0.6 is 0 Å². The molecule has 1 fully saturated rings. The van der Waals surface area contributed by atoms with E-state index in [0.717, 1.165) is 6.42 Å². The van der Waals surface area contributed by atoms with E-state index in [2.05, 4.69) is 12.2 Å². The van der Waals surface area contributed by atoms with Crippen molar-refractivity contribution in [2.75, 3.05) is 20.2 Å². The molecule has 3 unspecified atom stereocenters. The molecule has 1 aliphatic rings. The van der Waals surface area contributed by atoms with E-state index in [4.69, 9.17) is 4.74 Å². The zero-order valence-electron chi connectivity index (χ0n) is 9.33. The minimum absolute atomic E-state index is 0.367. The van der Waals surface area contributed by atoms with Gasteiger partial charge in [-0.15, -0.1) is 0 Å². The van der Waals surface area contributed by atoms with Crippen LogP contribution in [-0.2, 0) is 4.74 Å². The molecule has 0 aromatic carbocycles. The van der Waals surface area contributed by atoms with Gasteiger partial charge in [0.15, 0.2) is 0 Å². The van der Waals surface area contributed by atoms with E-state index < -0.39 is 0 Å². The minimum atomic E-state index is -0.367. The molecule has 0 heterocycles. The van der Waals surface area contributed by atoms with Crippen molar-refractivity contribution in [1.82, 2.24) is 5.32 Å². The van der Waals surface area contributed by atoms with Gasteiger partial charge in [0.25, 0.3) is 0 Å². The molecule has 3 nitrogen and oxygen atoms in total. The van der Waals surface area contributed by atoms with E-state index in [0.29, 0.717) is 25.2 Å². The lowest BCUT2D eigenvalue weighted by Gasteiger charge is -2.29. The predicted molar refractivity (Wildman–Crippen MR) is 57.3 cm³/mol. The fourth-order valence-corrected chi connectivity index (χ4v) is 2.06. The van der Waals surface area contributed by atoms with Crippen LogP contribution in [0.5, 0.6) is 0 Å². The van der Waals surface area contributed by atoms with Crippen molar-refractivity contribution in [2.45, 2.75) is 44.8 Å². The Morgan fingerprint density at radius 1 is 1.43 bits per heavy atom. The van der Waals surface area contributed by atoms with E-state index >= 15 is 0 Å². The lowest BCUT2D eigenvalue weighted by atomic mass is 9.88. The van der Waals surface area contributed by atoms with Crippen LogP contribution in [0.25, 0.3) is 0 Å². The topological polar surface area (TPSA) is 41.5 Å². The highest BCUT2D eigenvalue weighted by Gasteiger charge is 2.22. The molecule has 0 bridgehead atoms. The molecule has 3 heteroatoms. The van der Waals surface area contributed by atoms with E-state index in [-0.39, 0.29) is 6.10 Å². The Balaban J connectivity index is 2.15. The SMILES string of the molecule is CNCC(O)COC1CCCCC1C. The first-order valence-electron chi connectivity index (χ1n) is 5.68. The maximum atomic E-state index is 9.48. The Labute approximate surface area is 86.8 Å². The minimum Gasteiger partial charge on any atom is -0.389 e. The number of rotatable bonds is 5. The first-order chi connectivity index (χ1) is 6.74. The molecular formula is C11H23NO2. The monoisotopic (exact) mass is 201 g/mol. The maximum Gasteiger partial charge on any atom is 0.0897 e. The number of nitrogens with one attached hydrogen (secondary N) is 1. The molecule has 14 heavy (non-hydrogen) atoms. The Bertz CT molecular complexity index is 152. The number of likely N-dealkylation sites (N-methyl/N-ethyl adjacent to an activating group) is 1. The van der Waals surface area contributed by atoms with Crippen molar-refractivity contribution in [3.63, 3.8) is 0 Å². The summed E-state index contributed by atoms with van der Waals surface area (Å²) >= 11 is 0. The van der Waals surface area contributed by atoms with Gasteiger partial charge in [-0.3, -0.25) is 0 Å². The van der Waals surface area contributed by atoms with Gasteiger partial charge in [0.1, 0.15) is 0 Å². The third-order valence-electron chi connectivity index (χ3n) is 2.98. The summed E-state index contributed by atoms with van der Waals surface area (Å²) in [5.41, 5.74) is 0. The van der Waals surface area contributed by atoms with Crippen molar-refractivity contribution in [3.05, 3.63) is 0 Å². The summed E-state index contributed by atoms with van der Waals surface area (Å²) in [5, 5.41) is 12.4. The molecule has 1 aliphatic carbocycles. The molecule has 0 spiro atoms. The van der Waals surface area contributed by atoms with Gasteiger partial charge in [-0.05, 0) is 25.8 Å². The van der Waals surface area contributed by atoms with Gasteiger partial charge >= 0.3 is 0 Å². The molecule has 0 radical (unpaired) electrons. The zero-order valence-corrected chi connectivity index (χ0v) is 9.33. The lowest BCUT2D eigenvalue weighted by molar-refractivity contribution is -0.0447. The van der Waals surface area contributed by atoms with Gasteiger partial charge in [0, 0.05) is 6.54 Å². The third kappa shape index (κ3) is 3.95. The second kappa shape index (κ2) is 6.38. The molecule has 0 saturated heterocycles. The van der Waals surface area contributed by atoms with E-state index in [1.807, 2.05) is 7.05 Å². The highest BCUT2D eigenvalue weighted by Crippen LogP contribution is 2.26. The van der Waals surface area contributed by atoms with Crippen LogP contribution in [0.2, 0.25) is 0 Å². The highest BCUT2D eigenvalue weighted by molar-refractivity contribution is 4.73. The average molecular weight is 201 g/mol. The average Bonchev–Trinajstić information content (AvgIpc) is 2.17. The van der Waals surface area contributed by atoms with Crippen LogP contribution in [0.15, 0.2) is 0 Å².